The first-order chi connectivity index (χ1) is 5.62. The number of aliphatic imine (C=N–C) groups is 2. The summed E-state index contributed by atoms with van der Waals surface area (Å²) >= 11 is 0. The second kappa shape index (κ2) is 1.95. The van der Waals surface area contributed by atoms with E-state index in [1.807, 2.05) is 0 Å². The number of carbonyl (C=O) groups is 1. The fraction of sp³-hybridized carbons (Fsp3) is 0.400. The lowest BCUT2D eigenvalue weighted by molar-refractivity contribution is -0.122. The number of rotatable bonds is 0. The summed E-state index contributed by atoms with van der Waals surface area (Å²) in [5.74, 6) is -1.52. The number of hydrogen-bond donors (Lipinski definition) is 4. The van der Waals surface area contributed by atoms with E-state index in [1.165, 1.54) is 6.34 Å². The van der Waals surface area contributed by atoms with Crippen LogP contribution in [0.3, 0.4) is 0 Å². The van der Waals surface area contributed by atoms with E-state index in [4.69, 9.17) is 11.5 Å². The van der Waals surface area contributed by atoms with Crippen LogP contribution >= 0.6 is 0 Å². The molecule has 0 saturated heterocycles. The zero-order chi connectivity index (χ0) is 8.77. The van der Waals surface area contributed by atoms with Gasteiger partial charge in [-0.15, -0.1) is 0 Å². The summed E-state index contributed by atoms with van der Waals surface area (Å²) in [5.41, 5.74) is 11.0. The van der Waals surface area contributed by atoms with E-state index in [-0.39, 0.29) is 11.9 Å². The monoisotopic (exact) mass is 168 g/mol. The van der Waals surface area contributed by atoms with Crippen LogP contribution in [0.25, 0.3) is 0 Å². The zero-order valence-corrected chi connectivity index (χ0v) is 6.11. The molecule has 0 spiro atoms. The topological polar surface area (TPSA) is 118 Å². The highest BCUT2D eigenvalue weighted by Gasteiger charge is 2.45. The highest BCUT2D eigenvalue weighted by atomic mass is 16.2. The van der Waals surface area contributed by atoms with Gasteiger partial charge in [-0.3, -0.25) is 20.8 Å². The van der Waals surface area contributed by atoms with Crippen LogP contribution in [0.15, 0.2) is 9.98 Å². The third kappa shape index (κ3) is 0.766. The Morgan fingerprint density at radius 1 is 1.67 bits per heavy atom. The molecule has 7 heteroatoms. The SMILES string of the molecule is NC1=NC2(N)NC=NC2C(=O)N1. The molecule has 0 aromatic heterocycles. The van der Waals surface area contributed by atoms with Crippen molar-refractivity contribution in [3.8, 4) is 0 Å². The predicted octanol–water partition coefficient (Wildman–Crippen LogP) is -2.96. The maximum Gasteiger partial charge on any atom is 0.257 e. The molecule has 12 heavy (non-hydrogen) atoms. The number of carbonyl (C=O) groups excluding carboxylic acids is 1. The maximum absolute atomic E-state index is 11.2. The van der Waals surface area contributed by atoms with E-state index in [9.17, 15) is 4.79 Å². The fourth-order valence-corrected chi connectivity index (χ4v) is 1.19. The van der Waals surface area contributed by atoms with Crippen LogP contribution < -0.4 is 22.1 Å². The number of nitrogens with one attached hydrogen (secondary N) is 2. The molecule has 0 aliphatic carbocycles. The molecule has 1 amide bonds. The van der Waals surface area contributed by atoms with Gasteiger partial charge in [0.15, 0.2) is 12.0 Å². The Labute approximate surface area is 67.9 Å². The van der Waals surface area contributed by atoms with E-state index >= 15 is 0 Å². The highest BCUT2D eigenvalue weighted by Crippen LogP contribution is 2.16. The van der Waals surface area contributed by atoms with Crippen molar-refractivity contribution in [2.24, 2.45) is 21.5 Å². The predicted molar refractivity (Wildman–Crippen MR) is 42.1 cm³/mol. The normalized spacial score (nSPS) is 38.2. The molecule has 2 aliphatic rings. The minimum absolute atomic E-state index is 0.0109. The summed E-state index contributed by atoms with van der Waals surface area (Å²) in [6, 6.07) is -0.718. The van der Waals surface area contributed by atoms with E-state index in [0.29, 0.717) is 0 Å². The second-order valence-electron chi connectivity index (χ2n) is 2.64. The first kappa shape index (κ1) is 7.04. The van der Waals surface area contributed by atoms with Gasteiger partial charge in [0.25, 0.3) is 5.91 Å². The van der Waals surface area contributed by atoms with Crippen LogP contribution in [-0.4, -0.2) is 30.0 Å². The minimum atomic E-state index is -1.19. The zero-order valence-electron chi connectivity index (χ0n) is 6.11. The van der Waals surface area contributed by atoms with E-state index < -0.39 is 11.8 Å². The van der Waals surface area contributed by atoms with Gasteiger partial charge in [0, 0.05) is 0 Å². The molecule has 2 unspecified atom stereocenters. The van der Waals surface area contributed by atoms with Crippen molar-refractivity contribution in [1.29, 1.82) is 0 Å². The van der Waals surface area contributed by atoms with Gasteiger partial charge in [-0.2, -0.15) is 0 Å². The van der Waals surface area contributed by atoms with Crippen LogP contribution in [0.2, 0.25) is 0 Å². The summed E-state index contributed by atoms with van der Waals surface area (Å²) in [5, 5.41) is 4.98. The van der Waals surface area contributed by atoms with Gasteiger partial charge in [0.05, 0.1) is 6.34 Å². The van der Waals surface area contributed by atoms with Crippen molar-refractivity contribution in [2.75, 3.05) is 0 Å². The molecule has 0 bridgehead atoms. The van der Waals surface area contributed by atoms with Crippen LogP contribution in [0.5, 0.6) is 0 Å². The molecule has 2 heterocycles. The van der Waals surface area contributed by atoms with Gasteiger partial charge in [0.2, 0.25) is 5.79 Å². The standard InChI is InChI=1S/C5H8N6O/c6-4-10-3(12)2-5(7,11-4)9-1-8-2/h1-2H,7H2,(H,8,9)(H3,6,10,11,12). The lowest BCUT2D eigenvalue weighted by atomic mass is 10.1. The molecule has 2 atom stereocenters. The Balaban J connectivity index is 2.42. The molecule has 2 rings (SSSR count). The van der Waals surface area contributed by atoms with Crippen LogP contribution in [0.4, 0.5) is 0 Å². The Morgan fingerprint density at radius 2 is 2.42 bits per heavy atom. The number of fused-ring (bicyclic) bond motifs is 1. The molecule has 0 fully saturated rings. The van der Waals surface area contributed by atoms with Gasteiger partial charge in [0.1, 0.15) is 0 Å². The number of hydrogen-bond acceptors (Lipinski definition) is 6. The van der Waals surface area contributed by atoms with Gasteiger partial charge < -0.3 is 11.1 Å². The van der Waals surface area contributed by atoms with Crippen molar-refractivity contribution in [3.63, 3.8) is 0 Å². The minimum Gasteiger partial charge on any atom is -0.370 e. The summed E-state index contributed by atoms with van der Waals surface area (Å²) < 4.78 is 0. The quantitative estimate of drug-likeness (QED) is 0.309. The Morgan fingerprint density at radius 3 is 3.17 bits per heavy atom. The Kier molecular flexibility index (Phi) is 1.14. The third-order valence-corrected chi connectivity index (χ3v) is 1.74. The van der Waals surface area contributed by atoms with Gasteiger partial charge in [-0.05, 0) is 0 Å². The Bertz CT molecular complexity index is 296. The number of amides is 1. The molecular formula is C5H8N6O. The average Bonchev–Trinajstić information content (AvgIpc) is 2.29. The van der Waals surface area contributed by atoms with E-state index in [2.05, 4.69) is 20.6 Å². The van der Waals surface area contributed by atoms with Crippen LogP contribution in [0, 0.1) is 0 Å². The summed E-state index contributed by atoms with van der Waals surface area (Å²) in [4.78, 5) is 18.8. The largest absolute Gasteiger partial charge is 0.370 e. The van der Waals surface area contributed by atoms with Crippen molar-refractivity contribution < 1.29 is 4.79 Å². The molecule has 7 nitrogen and oxygen atoms in total. The molecule has 64 valence electrons. The van der Waals surface area contributed by atoms with Gasteiger partial charge in [-0.1, -0.05) is 0 Å². The van der Waals surface area contributed by atoms with Crippen LogP contribution in [-0.2, 0) is 4.79 Å². The first-order valence-electron chi connectivity index (χ1n) is 3.36. The molecule has 0 radical (unpaired) electrons. The van der Waals surface area contributed by atoms with Crippen LogP contribution in [0.1, 0.15) is 0 Å². The van der Waals surface area contributed by atoms with Gasteiger partial charge in [-0.25, -0.2) is 4.99 Å². The molecule has 6 N–H and O–H groups in total. The highest BCUT2D eigenvalue weighted by molar-refractivity contribution is 6.03. The number of nitrogens with zero attached hydrogens (tertiary/aromatic N) is 2. The number of nitrogens with two attached hydrogens (primary N) is 2. The average molecular weight is 168 g/mol. The molecule has 0 aromatic carbocycles. The van der Waals surface area contributed by atoms with Crippen molar-refractivity contribution in [3.05, 3.63) is 0 Å². The lowest BCUT2D eigenvalue weighted by Gasteiger charge is -2.29. The third-order valence-electron chi connectivity index (χ3n) is 1.74. The summed E-state index contributed by atoms with van der Waals surface area (Å²) in [6.45, 7) is 0. The summed E-state index contributed by atoms with van der Waals surface area (Å²) in [7, 11) is 0. The molecule has 0 aromatic rings. The maximum atomic E-state index is 11.2. The number of guanidine groups is 1. The molecule has 0 saturated carbocycles. The second-order valence-corrected chi connectivity index (χ2v) is 2.64. The molecule has 2 aliphatic heterocycles. The smallest absolute Gasteiger partial charge is 0.257 e. The van der Waals surface area contributed by atoms with Crippen molar-refractivity contribution in [1.82, 2.24) is 10.6 Å². The van der Waals surface area contributed by atoms with Crippen molar-refractivity contribution in [2.45, 2.75) is 11.8 Å². The summed E-state index contributed by atoms with van der Waals surface area (Å²) in [6.07, 6.45) is 1.35. The van der Waals surface area contributed by atoms with Gasteiger partial charge >= 0.3 is 0 Å². The fourth-order valence-electron chi connectivity index (χ4n) is 1.19. The lowest BCUT2D eigenvalue weighted by Crippen LogP contribution is -2.65. The van der Waals surface area contributed by atoms with Crippen molar-refractivity contribution >= 4 is 18.2 Å². The Hall–Kier alpha value is -1.63. The van der Waals surface area contributed by atoms with E-state index in [1.54, 1.807) is 0 Å². The van der Waals surface area contributed by atoms with E-state index in [0.717, 1.165) is 0 Å². The first-order valence-corrected chi connectivity index (χ1v) is 3.36. The molecular weight excluding hydrogens is 160 g/mol.